The first-order chi connectivity index (χ1) is 7.86. The number of oxime groups is 1. The monoisotopic (exact) mass is 253 g/mol. The summed E-state index contributed by atoms with van der Waals surface area (Å²) in [5.74, 6) is 2.22. The zero-order valence-corrected chi connectivity index (χ0v) is 9.77. The van der Waals surface area contributed by atoms with Gasteiger partial charge in [0.15, 0.2) is 11.5 Å². The van der Waals surface area contributed by atoms with Crippen molar-refractivity contribution in [3.05, 3.63) is 34.0 Å². The van der Waals surface area contributed by atoms with E-state index >= 15 is 0 Å². The highest BCUT2D eigenvalue weighted by molar-refractivity contribution is 8.25. The first-order valence-electron chi connectivity index (χ1n) is 4.70. The van der Waals surface area contributed by atoms with Crippen LogP contribution in [0.5, 0.6) is 0 Å². The van der Waals surface area contributed by atoms with Crippen molar-refractivity contribution in [2.24, 2.45) is 5.16 Å². The summed E-state index contributed by atoms with van der Waals surface area (Å²) in [6.45, 7) is 0. The molecule has 0 bridgehead atoms. The van der Waals surface area contributed by atoms with Gasteiger partial charge in [0.2, 0.25) is 0 Å². The zero-order chi connectivity index (χ0) is 11.0. The second kappa shape index (κ2) is 4.03. The molecule has 3 heterocycles. The minimum atomic E-state index is -0.386. The van der Waals surface area contributed by atoms with Gasteiger partial charge in [0, 0.05) is 11.5 Å². The molecule has 2 aliphatic heterocycles. The van der Waals surface area contributed by atoms with E-state index in [0.717, 1.165) is 15.7 Å². The van der Waals surface area contributed by atoms with Gasteiger partial charge in [0.1, 0.15) is 5.57 Å². The minimum absolute atomic E-state index is 0.386. The number of nitrogens with zero attached hydrogens (tertiary/aromatic N) is 1. The van der Waals surface area contributed by atoms with Gasteiger partial charge in [0.05, 0.1) is 10.5 Å². The molecule has 0 N–H and O–H groups in total. The number of carbonyl (C=O) groups excluding carboxylic acids is 1. The fourth-order valence-electron chi connectivity index (χ4n) is 1.49. The van der Waals surface area contributed by atoms with Crippen molar-refractivity contribution in [2.45, 2.75) is 0 Å². The first-order valence-corrected chi connectivity index (χ1v) is 6.67. The lowest BCUT2D eigenvalue weighted by Crippen LogP contribution is -2.07. The highest BCUT2D eigenvalue weighted by atomic mass is 32.2. The Hall–Kier alpha value is -1.14. The van der Waals surface area contributed by atoms with Gasteiger partial charge in [-0.2, -0.15) is 0 Å². The van der Waals surface area contributed by atoms with Crippen molar-refractivity contribution in [2.75, 3.05) is 11.5 Å². The van der Waals surface area contributed by atoms with Gasteiger partial charge < -0.3 is 9.25 Å². The predicted molar refractivity (Wildman–Crippen MR) is 63.3 cm³/mol. The normalized spacial score (nSPS) is 20.2. The van der Waals surface area contributed by atoms with E-state index in [1.807, 2.05) is 0 Å². The van der Waals surface area contributed by atoms with Crippen LogP contribution in [0.15, 0.2) is 37.8 Å². The average Bonchev–Trinajstić information content (AvgIpc) is 2.96. The number of rotatable bonds is 1. The Kier molecular flexibility index (Phi) is 2.53. The first kappa shape index (κ1) is 10.0. The number of furan rings is 1. The molecule has 0 radical (unpaired) electrons. The maximum absolute atomic E-state index is 11.6. The second-order valence-electron chi connectivity index (χ2n) is 3.16. The van der Waals surface area contributed by atoms with E-state index in [1.54, 1.807) is 41.9 Å². The van der Waals surface area contributed by atoms with Gasteiger partial charge in [-0.1, -0.05) is 5.16 Å². The van der Waals surface area contributed by atoms with Crippen molar-refractivity contribution in [3.8, 4) is 0 Å². The molecule has 0 spiro atoms. The van der Waals surface area contributed by atoms with Gasteiger partial charge >= 0.3 is 5.97 Å². The lowest BCUT2D eigenvalue weighted by molar-refractivity contribution is -0.136. The summed E-state index contributed by atoms with van der Waals surface area (Å²) >= 11 is 3.33. The zero-order valence-electron chi connectivity index (χ0n) is 8.13. The Morgan fingerprint density at radius 2 is 2.12 bits per heavy atom. The largest absolute Gasteiger partial charge is 0.463 e. The second-order valence-corrected chi connectivity index (χ2v) is 5.62. The lowest BCUT2D eigenvalue weighted by atomic mass is 10.1. The summed E-state index contributed by atoms with van der Waals surface area (Å²) in [5.41, 5.74) is 1.05. The van der Waals surface area contributed by atoms with Gasteiger partial charge in [-0.25, -0.2) is 4.79 Å². The topological polar surface area (TPSA) is 51.8 Å². The van der Waals surface area contributed by atoms with Crippen LogP contribution in [-0.4, -0.2) is 23.2 Å². The molecule has 2 aliphatic rings. The summed E-state index contributed by atoms with van der Waals surface area (Å²) in [6, 6.07) is 3.53. The van der Waals surface area contributed by atoms with Crippen LogP contribution in [-0.2, 0) is 9.63 Å². The summed E-state index contributed by atoms with van der Waals surface area (Å²) in [4.78, 5) is 16.3. The maximum Gasteiger partial charge on any atom is 0.369 e. The van der Waals surface area contributed by atoms with Crippen molar-refractivity contribution < 1.29 is 14.0 Å². The van der Waals surface area contributed by atoms with Gasteiger partial charge in [0.25, 0.3) is 0 Å². The van der Waals surface area contributed by atoms with Crippen LogP contribution < -0.4 is 0 Å². The van der Waals surface area contributed by atoms with Gasteiger partial charge in [-0.3, -0.25) is 0 Å². The van der Waals surface area contributed by atoms with E-state index in [2.05, 4.69) is 5.16 Å². The maximum atomic E-state index is 11.6. The van der Waals surface area contributed by atoms with Gasteiger partial charge in [-0.05, 0) is 12.1 Å². The lowest BCUT2D eigenvalue weighted by Gasteiger charge is -1.99. The molecule has 16 heavy (non-hydrogen) atoms. The van der Waals surface area contributed by atoms with E-state index in [1.165, 1.54) is 0 Å². The Morgan fingerprint density at radius 3 is 2.81 bits per heavy atom. The van der Waals surface area contributed by atoms with Crippen LogP contribution in [0.4, 0.5) is 0 Å². The van der Waals surface area contributed by atoms with Crippen molar-refractivity contribution in [1.29, 1.82) is 0 Å². The smallest absolute Gasteiger partial charge is 0.369 e. The van der Waals surface area contributed by atoms with E-state index in [-0.39, 0.29) is 5.97 Å². The van der Waals surface area contributed by atoms with Crippen LogP contribution >= 0.6 is 23.5 Å². The Bertz CT molecular complexity index is 482. The molecule has 1 aromatic heterocycles. The molecule has 1 aromatic rings. The summed E-state index contributed by atoms with van der Waals surface area (Å²) in [5, 5.41) is 3.77. The number of hydrogen-bond donors (Lipinski definition) is 0. The van der Waals surface area contributed by atoms with E-state index < -0.39 is 0 Å². The average molecular weight is 253 g/mol. The van der Waals surface area contributed by atoms with Crippen molar-refractivity contribution >= 4 is 35.2 Å². The standard InChI is InChI=1S/C10H7NO3S2/c12-9-7(10-15-4-5-16-10)8(11-14-9)6-2-1-3-13-6/h1-3H,4-5H2. The van der Waals surface area contributed by atoms with E-state index in [9.17, 15) is 4.79 Å². The number of carbonyl (C=O) groups is 1. The third kappa shape index (κ3) is 1.58. The fourth-order valence-corrected chi connectivity index (χ4v) is 4.01. The third-order valence-corrected chi connectivity index (χ3v) is 4.88. The van der Waals surface area contributed by atoms with Crippen molar-refractivity contribution in [1.82, 2.24) is 0 Å². The highest BCUT2D eigenvalue weighted by Crippen LogP contribution is 2.41. The molecule has 6 heteroatoms. The molecule has 4 nitrogen and oxygen atoms in total. The van der Waals surface area contributed by atoms with Crippen LogP contribution in [0.3, 0.4) is 0 Å². The van der Waals surface area contributed by atoms with Crippen LogP contribution in [0.2, 0.25) is 0 Å². The van der Waals surface area contributed by atoms with E-state index in [4.69, 9.17) is 9.25 Å². The SMILES string of the molecule is O=C1ON=C(c2ccco2)C1=C1SCCS1. The summed E-state index contributed by atoms with van der Waals surface area (Å²) in [7, 11) is 0. The molecule has 0 aliphatic carbocycles. The van der Waals surface area contributed by atoms with Crippen LogP contribution in [0, 0.1) is 0 Å². The highest BCUT2D eigenvalue weighted by Gasteiger charge is 2.33. The minimum Gasteiger partial charge on any atom is -0.463 e. The van der Waals surface area contributed by atoms with Gasteiger partial charge in [-0.15, -0.1) is 23.5 Å². The number of hydrogen-bond acceptors (Lipinski definition) is 6. The molecule has 3 rings (SSSR count). The predicted octanol–water partition coefficient (Wildman–Crippen LogP) is 2.23. The molecular weight excluding hydrogens is 246 g/mol. The molecule has 1 fully saturated rings. The van der Waals surface area contributed by atoms with Crippen LogP contribution in [0.25, 0.3) is 0 Å². The summed E-state index contributed by atoms with van der Waals surface area (Å²) < 4.78 is 6.22. The quantitative estimate of drug-likeness (QED) is 0.567. The third-order valence-electron chi connectivity index (χ3n) is 2.17. The van der Waals surface area contributed by atoms with Crippen LogP contribution in [0.1, 0.15) is 5.76 Å². The Morgan fingerprint density at radius 1 is 1.31 bits per heavy atom. The molecule has 82 valence electrons. The van der Waals surface area contributed by atoms with Crippen molar-refractivity contribution in [3.63, 3.8) is 0 Å². The fraction of sp³-hybridized carbons (Fsp3) is 0.200. The Balaban J connectivity index is 2.06. The molecule has 0 atom stereocenters. The summed E-state index contributed by atoms with van der Waals surface area (Å²) in [6.07, 6.45) is 1.55. The molecular formula is C10H7NO3S2. The molecule has 0 amide bonds. The molecule has 0 aromatic carbocycles. The Labute approximate surface area is 100 Å². The number of thioether (sulfide) groups is 2. The molecule has 1 saturated heterocycles. The van der Waals surface area contributed by atoms with E-state index in [0.29, 0.717) is 17.0 Å². The molecule has 0 unspecified atom stereocenters. The molecule has 0 saturated carbocycles.